The minimum atomic E-state index is -0.596. The molecule has 4 rings (SSSR count). The van der Waals surface area contributed by atoms with Gasteiger partial charge in [0.2, 0.25) is 0 Å². The number of nitrogens with one attached hydrogen (secondary N) is 1. The van der Waals surface area contributed by atoms with Gasteiger partial charge in [-0.1, -0.05) is 29.8 Å². The van der Waals surface area contributed by atoms with Crippen LogP contribution < -0.4 is 14.9 Å². The molecule has 0 aliphatic heterocycles. The van der Waals surface area contributed by atoms with Crippen LogP contribution in [0.25, 0.3) is 11.0 Å². The fourth-order valence-corrected chi connectivity index (χ4v) is 3.66. The van der Waals surface area contributed by atoms with Crippen LogP contribution in [0.15, 0.2) is 74.7 Å². The summed E-state index contributed by atoms with van der Waals surface area (Å²) in [5.41, 5.74) is 5.51. The summed E-state index contributed by atoms with van der Waals surface area (Å²) in [4.78, 5) is 22.8. The summed E-state index contributed by atoms with van der Waals surface area (Å²) in [6.45, 7) is 2.41. The summed E-state index contributed by atoms with van der Waals surface area (Å²) in [6.07, 6.45) is 1.45. The summed E-state index contributed by atoms with van der Waals surface area (Å²) >= 11 is 3.49. The van der Waals surface area contributed by atoms with Crippen molar-refractivity contribution >= 4 is 44.7 Å². The second-order valence-corrected chi connectivity index (χ2v) is 8.44. The molecule has 35 heavy (non-hydrogen) atoms. The average Bonchev–Trinajstić information content (AvgIpc) is 3.28. The van der Waals surface area contributed by atoms with Gasteiger partial charge in [-0.05, 0) is 52.7 Å². The van der Waals surface area contributed by atoms with Crippen LogP contribution in [-0.2, 0) is 6.61 Å². The molecule has 10 heteroatoms. The Hall–Kier alpha value is -4.18. The second-order valence-electron chi connectivity index (χ2n) is 7.59. The zero-order valence-electron chi connectivity index (χ0n) is 18.8. The predicted molar refractivity (Wildman–Crippen MR) is 134 cm³/mol. The molecular formula is C25H20BrN3O6. The molecule has 178 valence electrons. The molecule has 1 heterocycles. The van der Waals surface area contributed by atoms with Gasteiger partial charge in [-0.15, -0.1) is 0 Å². The van der Waals surface area contributed by atoms with Crippen molar-refractivity contribution in [3.8, 4) is 11.5 Å². The first kappa shape index (κ1) is 24.0. The number of ether oxygens (including phenoxy) is 2. The van der Waals surface area contributed by atoms with Gasteiger partial charge >= 0.3 is 5.91 Å². The van der Waals surface area contributed by atoms with E-state index in [1.807, 2.05) is 31.2 Å². The summed E-state index contributed by atoms with van der Waals surface area (Å²) in [6, 6.07) is 17.1. The highest BCUT2D eigenvalue weighted by molar-refractivity contribution is 9.10. The molecule has 0 aliphatic rings. The Morgan fingerprint density at radius 2 is 1.91 bits per heavy atom. The maximum absolute atomic E-state index is 12.4. The molecule has 3 aromatic carbocycles. The van der Waals surface area contributed by atoms with Crippen LogP contribution >= 0.6 is 15.9 Å². The smallest absolute Gasteiger partial charge is 0.307 e. The second kappa shape index (κ2) is 10.4. The quantitative estimate of drug-likeness (QED) is 0.173. The lowest BCUT2D eigenvalue weighted by Gasteiger charge is -2.13. The molecule has 0 radical (unpaired) electrons. The molecule has 4 aromatic rings. The third-order valence-electron chi connectivity index (χ3n) is 5.10. The van der Waals surface area contributed by atoms with E-state index in [4.69, 9.17) is 13.9 Å². The third-order valence-corrected chi connectivity index (χ3v) is 5.79. The zero-order chi connectivity index (χ0) is 24.9. The largest absolute Gasteiger partial charge is 0.493 e. The molecule has 0 aliphatic carbocycles. The van der Waals surface area contributed by atoms with Crippen LogP contribution in [0.4, 0.5) is 5.69 Å². The molecule has 9 nitrogen and oxygen atoms in total. The Morgan fingerprint density at radius 1 is 1.14 bits per heavy atom. The Balaban J connectivity index is 1.44. The zero-order valence-corrected chi connectivity index (χ0v) is 20.4. The van der Waals surface area contributed by atoms with Gasteiger partial charge < -0.3 is 13.9 Å². The van der Waals surface area contributed by atoms with Crippen LogP contribution in [0.5, 0.6) is 11.5 Å². The number of methoxy groups -OCH3 is 1. The summed E-state index contributed by atoms with van der Waals surface area (Å²) < 4.78 is 17.5. The van der Waals surface area contributed by atoms with Gasteiger partial charge in [-0.3, -0.25) is 14.9 Å². The van der Waals surface area contributed by atoms with E-state index in [2.05, 4.69) is 26.5 Å². The molecule has 1 aromatic heterocycles. The number of halogens is 1. The number of hydrogen-bond donors (Lipinski definition) is 1. The third kappa shape index (κ3) is 5.67. The number of aryl methyl sites for hydroxylation is 1. The summed E-state index contributed by atoms with van der Waals surface area (Å²) in [5.74, 6) is 0.444. The number of nitro benzene ring substituents is 1. The molecule has 1 amide bonds. The number of nitro groups is 1. The number of nitrogens with zero attached hydrogens (tertiary/aromatic N) is 2. The van der Waals surface area contributed by atoms with E-state index < -0.39 is 10.8 Å². The first-order valence-corrected chi connectivity index (χ1v) is 11.2. The van der Waals surface area contributed by atoms with Crippen LogP contribution in [0.3, 0.4) is 0 Å². The van der Waals surface area contributed by atoms with E-state index in [1.54, 1.807) is 12.1 Å². The highest BCUT2D eigenvalue weighted by atomic mass is 79.9. The normalized spacial score (nSPS) is 11.1. The van der Waals surface area contributed by atoms with Crippen LogP contribution in [0.2, 0.25) is 0 Å². The molecule has 0 bridgehead atoms. The minimum absolute atomic E-state index is 0.0193. The number of furan rings is 1. The van der Waals surface area contributed by atoms with Gasteiger partial charge in [0.1, 0.15) is 12.2 Å². The Bertz CT molecular complexity index is 1430. The number of carbonyl (C=O) groups is 1. The highest BCUT2D eigenvalue weighted by Crippen LogP contribution is 2.33. The maximum atomic E-state index is 12.4. The van der Waals surface area contributed by atoms with Crippen molar-refractivity contribution in [1.29, 1.82) is 0 Å². The lowest BCUT2D eigenvalue weighted by Crippen LogP contribution is -2.16. The van der Waals surface area contributed by atoms with Crippen molar-refractivity contribution in [2.24, 2.45) is 5.10 Å². The molecular weight excluding hydrogens is 518 g/mol. The highest BCUT2D eigenvalue weighted by Gasteiger charge is 2.15. The Kier molecular flexibility index (Phi) is 7.11. The lowest BCUT2D eigenvalue weighted by molar-refractivity contribution is -0.384. The van der Waals surface area contributed by atoms with Gasteiger partial charge in [0.05, 0.1) is 18.2 Å². The van der Waals surface area contributed by atoms with Crippen LogP contribution in [0, 0.1) is 17.0 Å². The van der Waals surface area contributed by atoms with E-state index in [0.29, 0.717) is 39.1 Å². The van der Waals surface area contributed by atoms with E-state index in [0.717, 1.165) is 5.56 Å². The number of hydrogen-bond acceptors (Lipinski definition) is 7. The number of rotatable bonds is 8. The number of fused-ring (bicyclic) bond motifs is 1. The number of hydrazone groups is 1. The summed E-state index contributed by atoms with van der Waals surface area (Å²) in [5, 5.41) is 15.4. The molecule has 0 saturated heterocycles. The van der Waals surface area contributed by atoms with Crippen molar-refractivity contribution < 1.29 is 23.6 Å². The van der Waals surface area contributed by atoms with Gasteiger partial charge in [0, 0.05) is 27.6 Å². The van der Waals surface area contributed by atoms with E-state index >= 15 is 0 Å². The molecule has 0 spiro atoms. The van der Waals surface area contributed by atoms with Crippen molar-refractivity contribution in [3.05, 3.63) is 97.7 Å². The molecule has 0 atom stereocenters. The van der Waals surface area contributed by atoms with Crippen LogP contribution in [-0.4, -0.2) is 24.2 Å². The van der Waals surface area contributed by atoms with Gasteiger partial charge in [-0.25, -0.2) is 5.43 Å². The van der Waals surface area contributed by atoms with Crippen molar-refractivity contribution in [2.45, 2.75) is 13.5 Å². The minimum Gasteiger partial charge on any atom is -0.493 e. The molecule has 0 fully saturated rings. The molecule has 0 unspecified atom stereocenters. The number of benzene rings is 3. The Morgan fingerprint density at radius 3 is 2.63 bits per heavy atom. The van der Waals surface area contributed by atoms with Crippen molar-refractivity contribution in [3.63, 3.8) is 0 Å². The van der Waals surface area contributed by atoms with E-state index in [9.17, 15) is 14.9 Å². The maximum Gasteiger partial charge on any atom is 0.307 e. The van der Waals surface area contributed by atoms with Crippen LogP contribution in [0.1, 0.15) is 27.2 Å². The van der Waals surface area contributed by atoms with Gasteiger partial charge in [0.25, 0.3) is 5.69 Å². The monoisotopic (exact) mass is 537 g/mol. The fourth-order valence-electron chi connectivity index (χ4n) is 3.24. The van der Waals surface area contributed by atoms with Crippen molar-refractivity contribution in [1.82, 2.24) is 5.43 Å². The first-order chi connectivity index (χ1) is 16.8. The Labute approximate surface area is 208 Å². The number of amides is 1. The fraction of sp³-hybridized carbons (Fsp3) is 0.120. The topological polar surface area (TPSA) is 116 Å². The number of carbonyl (C=O) groups excluding carboxylic acids is 1. The summed E-state index contributed by atoms with van der Waals surface area (Å²) in [7, 11) is 1.54. The van der Waals surface area contributed by atoms with Crippen molar-refractivity contribution in [2.75, 3.05) is 7.11 Å². The van der Waals surface area contributed by atoms with Gasteiger partial charge in [-0.2, -0.15) is 5.10 Å². The van der Waals surface area contributed by atoms with E-state index in [1.165, 1.54) is 43.2 Å². The SMILES string of the molecule is COc1cc(/C=N/NC(=O)c2cc3cc([N+](=O)[O-])ccc3o2)c(Br)cc1OCc1ccc(C)cc1. The average molecular weight is 538 g/mol. The standard InChI is InChI=1S/C25H20BrN3O6/c1-15-3-5-16(6-4-15)14-34-23-12-20(26)18(11-22(23)33-2)13-27-28-25(30)24-10-17-9-19(29(31)32)7-8-21(17)35-24/h3-13H,14H2,1-2H3,(H,28,30)/b27-13+. The predicted octanol–water partition coefficient (Wildman–Crippen LogP) is 5.76. The van der Waals surface area contributed by atoms with Gasteiger partial charge in [0.15, 0.2) is 17.3 Å². The number of non-ortho nitro benzene ring substituents is 1. The van der Waals surface area contributed by atoms with E-state index in [-0.39, 0.29) is 11.4 Å². The molecule has 1 N–H and O–H groups in total. The first-order valence-electron chi connectivity index (χ1n) is 10.4. The lowest BCUT2D eigenvalue weighted by atomic mass is 10.2. The molecule has 0 saturated carbocycles.